The molecule has 0 radical (unpaired) electrons. The Kier molecular flexibility index (Phi) is 5.32. The molecule has 0 aliphatic heterocycles. The first-order valence-electron chi connectivity index (χ1n) is 4.87. The molecule has 0 fully saturated rings. The third kappa shape index (κ3) is 4.51. The molecule has 0 aliphatic rings. The molecule has 0 saturated heterocycles. The summed E-state index contributed by atoms with van der Waals surface area (Å²) < 4.78 is 38.6. The van der Waals surface area contributed by atoms with Gasteiger partial charge in [0.25, 0.3) is 0 Å². The second kappa shape index (κ2) is 6.10. The Morgan fingerprint density at radius 1 is 1.41 bits per heavy atom. The van der Waals surface area contributed by atoms with Crippen LogP contribution in [0, 0.1) is 3.57 Å². The predicted octanol–water partition coefficient (Wildman–Crippen LogP) is 1.76. The van der Waals surface area contributed by atoms with Gasteiger partial charge < -0.3 is 4.74 Å². The van der Waals surface area contributed by atoms with E-state index in [1.165, 1.54) is 7.11 Å². The first-order chi connectivity index (χ1) is 7.85. The highest BCUT2D eigenvalue weighted by Crippen LogP contribution is 2.25. The lowest BCUT2D eigenvalue weighted by Crippen LogP contribution is -2.37. The highest BCUT2D eigenvalue weighted by atomic mass is 127. The van der Waals surface area contributed by atoms with Gasteiger partial charge in [-0.25, -0.2) is 0 Å². The van der Waals surface area contributed by atoms with Crippen LogP contribution in [0.5, 0.6) is 0 Å². The minimum absolute atomic E-state index is 0.454. The molecule has 2 atom stereocenters. The number of benzene rings is 1. The van der Waals surface area contributed by atoms with Gasteiger partial charge in [0.15, 0.2) is 0 Å². The Morgan fingerprint density at radius 3 is 2.47 bits per heavy atom. The van der Waals surface area contributed by atoms with Crippen LogP contribution in [0.25, 0.3) is 0 Å². The van der Waals surface area contributed by atoms with Gasteiger partial charge in [-0.3, -0.25) is 4.55 Å². The molecule has 1 rings (SSSR count). The Balaban J connectivity index is 2.96. The first kappa shape index (κ1) is 14.8. The zero-order valence-electron chi connectivity index (χ0n) is 9.42. The Labute approximate surface area is 115 Å². The van der Waals surface area contributed by atoms with Crippen molar-refractivity contribution in [2.24, 2.45) is 0 Å². The van der Waals surface area contributed by atoms with Crippen LogP contribution in [0.3, 0.4) is 0 Å². The summed E-state index contributed by atoms with van der Waals surface area (Å²) >= 11 is 2.15. The van der Waals surface area contributed by atoms with Crippen LogP contribution in [0.2, 0.25) is 0 Å². The molecule has 5 nitrogen and oxygen atoms in total. The summed E-state index contributed by atoms with van der Waals surface area (Å²) in [6.07, 6.45) is -0.454. The highest BCUT2D eigenvalue weighted by Gasteiger charge is 2.23. The van der Waals surface area contributed by atoms with Crippen LogP contribution in [-0.2, 0) is 15.0 Å². The molecule has 2 N–H and O–H groups in total. The summed E-state index contributed by atoms with van der Waals surface area (Å²) in [4.78, 5) is 0. The van der Waals surface area contributed by atoms with Crippen molar-refractivity contribution < 1.29 is 17.7 Å². The molecule has 0 heterocycles. The zero-order chi connectivity index (χ0) is 13.1. The smallest absolute Gasteiger partial charge is 0.333 e. The van der Waals surface area contributed by atoms with E-state index < -0.39 is 22.4 Å². The van der Waals surface area contributed by atoms with Gasteiger partial charge in [0.1, 0.15) is 0 Å². The number of methoxy groups -OCH3 is 1. The monoisotopic (exact) mass is 371 g/mol. The molecule has 0 bridgehead atoms. The van der Waals surface area contributed by atoms with E-state index in [4.69, 9.17) is 9.29 Å². The quantitative estimate of drug-likeness (QED) is 0.611. The molecular formula is C10H14INO4S. The first-order valence-corrected chi connectivity index (χ1v) is 7.39. The molecule has 0 aliphatic carbocycles. The summed E-state index contributed by atoms with van der Waals surface area (Å²) in [5.41, 5.74) is 0.874. The second-order valence-electron chi connectivity index (χ2n) is 3.56. The third-order valence-corrected chi connectivity index (χ3v) is 3.91. The minimum atomic E-state index is -4.23. The van der Waals surface area contributed by atoms with Gasteiger partial charge in [0.05, 0.1) is 12.1 Å². The standard InChI is InChI=1S/C10H14INO4S/c1-7(12-17(13,14)15)10(16-2)8-5-3-4-6-9(8)11/h3-7,10,12H,1-2H3,(H,13,14,15)/t7-,10+/m0/s1. The van der Waals surface area contributed by atoms with Gasteiger partial charge in [-0.2, -0.15) is 13.1 Å². The summed E-state index contributed by atoms with van der Waals surface area (Å²) in [7, 11) is -2.74. The van der Waals surface area contributed by atoms with E-state index in [1.807, 2.05) is 24.3 Å². The molecule has 96 valence electrons. The van der Waals surface area contributed by atoms with Gasteiger partial charge in [0, 0.05) is 10.7 Å². The van der Waals surface area contributed by atoms with Crippen molar-refractivity contribution in [3.05, 3.63) is 33.4 Å². The van der Waals surface area contributed by atoms with Crippen molar-refractivity contribution in [3.8, 4) is 0 Å². The van der Waals surface area contributed by atoms with Crippen LogP contribution < -0.4 is 4.72 Å². The van der Waals surface area contributed by atoms with Crippen LogP contribution in [-0.4, -0.2) is 26.1 Å². The predicted molar refractivity (Wildman–Crippen MR) is 73.1 cm³/mol. The number of hydrogen-bond acceptors (Lipinski definition) is 3. The van der Waals surface area contributed by atoms with Gasteiger partial charge in [0.2, 0.25) is 0 Å². The fraction of sp³-hybridized carbons (Fsp3) is 0.400. The fourth-order valence-corrected chi connectivity index (χ4v) is 2.89. The van der Waals surface area contributed by atoms with E-state index >= 15 is 0 Å². The normalized spacial score (nSPS) is 15.5. The summed E-state index contributed by atoms with van der Waals surface area (Å²) in [6.45, 7) is 1.63. The number of halogens is 1. The molecule has 17 heavy (non-hydrogen) atoms. The Morgan fingerprint density at radius 2 is 2.00 bits per heavy atom. The largest absolute Gasteiger partial charge is 0.375 e. The number of ether oxygens (including phenoxy) is 1. The number of nitrogens with one attached hydrogen (secondary N) is 1. The van der Waals surface area contributed by atoms with E-state index in [0.29, 0.717) is 0 Å². The zero-order valence-corrected chi connectivity index (χ0v) is 12.4. The molecule has 1 aromatic carbocycles. The lowest BCUT2D eigenvalue weighted by molar-refractivity contribution is 0.0791. The number of hydrogen-bond donors (Lipinski definition) is 2. The van der Waals surface area contributed by atoms with Gasteiger partial charge >= 0.3 is 10.3 Å². The molecular weight excluding hydrogens is 357 g/mol. The molecule has 0 spiro atoms. The molecule has 0 unspecified atom stereocenters. The van der Waals surface area contributed by atoms with E-state index in [9.17, 15) is 8.42 Å². The lowest BCUT2D eigenvalue weighted by Gasteiger charge is -2.23. The van der Waals surface area contributed by atoms with E-state index in [1.54, 1.807) is 6.92 Å². The van der Waals surface area contributed by atoms with E-state index in [0.717, 1.165) is 9.13 Å². The van der Waals surface area contributed by atoms with Crippen molar-refractivity contribution in [1.29, 1.82) is 0 Å². The second-order valence-corrected chi connectivity index (χ2v) is 5.91. The maximum Gasteiger partial charge on any atom is 0.333 e. The van der Waals surface area contributed by atoms with Crippen LogP contribution in [0.4, 0.5) is 0 Å². The Bertz CT molecular complexity index is 477. The van der Waals surface area contributed by atoms with Crippen LogP contribution in [0.15, 0.2) is 24.3 Å². The Hall–Kier alpha value is -0.220. The maximum absolute atomic E-state index is 10.8. The van der Waals surface area contributed by atoms with Crippen molar-refractivity contribution in [3.63, 3.8) is 0 Å². The average Bonchev–Trinajstić information content (AvgIpc) is 2.19. The average molecular weight is 371 g/mol. The van der Waals surface area contributed by atoms with Crippen molar-refractivity contribution in [2.45, 2.75) is 19.1 Å². The highest BCUT2D eigenvalue weighted by molar-refractivity contribution is 14.1. The molecule has 0 aromatic heterocycles. The van der Waals surface area contributed by atoms with Crippen molar-refractivity contribution >= 4 is 32.9 Å². The molecule has 0 amide bonds. The molecule has 1 aromatic rings. The maximum atomic E-state index is 10.8. The molecule has 7 heteroatoms. The summed E-state index contributed by atoms with van der Waals surface area (Å²) in [5, 5.41) is 0. The van der Waals surface area contributed by atoms with Gasteiger partial charge in [-0.05, 0) is 41.1 Å². The van der Waals surface area contributed by atoms with Crippen LogP contribution >= 0.6 is 22.6 Å². The minimum Gasteiger partial charge on any atom is -0.375 e. The third-order valence-electron chi connectivity index (χ3n) is 2.25. The van der Waals surface area contributed by atoms with E-state index in [2.05, 4.69) is 27.3 Å². The molecule has 0 saturated carbocycles. The fourth-order valence-electron chi connectivity index (χ4n) is 1.60. The summed E-state index contributed by atoms with van der Waals surface area (Å²) in [6, 6.07) is 6.94. The van der Waals surface area contributed by atoms with Crippen molar-refractivity contribution in [1.82, 2.24) is 4.72 Å². The topological polar surface area (TPSA) is 75.6 Å². The lowest BCUT2D eigenvalue weighted by atomic mass is 10.0. The van der Waals surface area contributed by atoms with Gasteiger partial charge in [-0.1, -0.05) is 18.2 Å². The SMILES string of the molecule is CO[C@@H](c1ccccc1I)[C@H](C)NS(=O)(=O)O. The van der Waals surface area contributed by atoms with E-state index in [-0.39, 0.29) is 0 Å². The number of rotatable bonds is 5. The van der Waals surface area contributed by atoms with Gasteiger partial charge in [-0.15, -0.1) is 0 Å². The van der Waals surface area contributed by atoms with Crippen LogP contribution in [0.1, 0.15) is 18.6 Å². The van der Waals surface area contributed by atoms with Crippen molar-refractivity contribution in [2.75, 3.05) is 7.11 Å². The summed E-state index contributed by atoms with van der Waals surface area (Å²) in [5.74, 6) is 0.